The van der Waals surface area contributed by atoms with Crippen LogP contribution < -0.4 is 9.47 Å². The molecule has 20 heavy (non-hydrogen) atoms. The largest absolute Gasteiger partial charge is 0.493 e. The van der Waals surface area contributed by atoms with Crippen LogP contribution in [0.2, 0.25) is 0 Å². The van der Waals surface area contributed by atoms with Crippen molar-refractivity contribution in [1.82, 2.24) is 0 Å². The lowest BCUT2D eigenvalue weighted by Gasteiger charge is -2.15. The minimum Gasteiger partial charge on any atom is -0.493 e. The molecule has 108 valence electrons. The molecule has 0 spiro atoms. The number of benzene rings is 1. The van der Waals surface area contributed by atoms with Gasteiger partial charge < -0.3 is 14.2 Å². The minimum absolute atomic E-state index is 0.0627. The first-order valence-electron chi connectivity index (χ1n) is 6.43. The van der Waals surface area contributed by atoms with E-state index < -0.39 is 0 Å². The SMILES string of the molecule is COc1cc(C[C@@H]2COCC2=O)c(C(C)=O)cc1OC. The van der Waals surface area contributed by atoms with E-state index in [-0.39, 0.29) is 24.1 Å². The van der Waals surface area contributed by atoms with Crippen LogP contribution >= 0.6 is 0 Å². The zero-order valence-electron chi connectivity index (χ0n) is 11.9. The maximum atomic E-state index is 11.8. The Hall–Kier alpha value is -1.88. The summed E-state index contributed by atoms with van der Waals surface area (Å²) in [4.78, 5) is 23.4. The van der Waals surface area contributed by atoms with Gasteiger partial charge in [-0.05, 0) is 31.0 Å². The van der Waals surface area contributed by atoms with Crippen molar-refractivity contribution in [2.75, 3.05) is 27.4 Å². The Morgan fingerprint density at radius 3 is 2.45 bits per heavy atom. The van der Waals surface area contributed by atoms with Crippen LogP contribution in [0.5, 0.6) is 11.5 Å². The van der Waals surface area contributed by atoms with Crippen LogP contribution in [0.15, 0.2) is 12.1 Å². The van der Waals surface area contributed by atoms with Crippen molar-refractivity contribution in [2.45, 2.75) is 13.3 Å². The number of hydrogen-bond acceptors (Lipinski definition) is 5. The molecule has 0 bridgehead atoms. The third-order valence-corrected chi connectivity index (χ3v) is 3.47. The highest BCUT2D eigenvalue weighted by Crippen LogP contribution is 2.32. The van der Waals surface area contributed by atoms with E-state index in [2.05, 4.69) is 0 Å². The molecule has 0 aromatic heterocycles. The number of ether oxygens (including phenoxy) is 3. The fourth-order valence-electron chi connectivity index (χ4n) is 2.37. The number of Topliss-reactive ketones (excluding diaryl/α,β-unsaturated/α-hetero) is 2. The molecule has 5 heteroatoms. The van der Waals surface area contributed by atoms with Gasteiger partial charge in [0.05, 0.1) is 20.8 Å². The van der Waals surface area contributed by atoms with Gasteiger partial charge in [-0.2, -0.15) is 0 Å². The van der Waals surface area contributed by atoms with Gasteiger partial charge in [-0.25, -0.2) is 0 Å². The van der Waals surface area contributed by atoms with Gasteiger partial charge in [0.25, 0.3) is 0 Å². The average molecular weight is 278 g/mol. The highest BCUT2D eigenvalue weighted by atomic mass is 16.5. The number of rotatable bonds is 5. The van der Waals surface area contributed by atoms with Gasteiger partial charge >= 0.3 is 0 Å². The lowest BCUT2D eigenvalue weighted by molar-refractivity contribution is -0.120. The molecule has 0 aliphatic carbocycles. The monoisotopic (exact) mass is 278 g/mol. The minimum atomic E-state index is -0.189. The Labute approximate surface area is 117 Å². The Balaban J connectivity index is 2.38. The molecule has 1 saturated heterocycles. The fourth-order valence-corrected chi connectivity index (χ4v) is 2.37. The van der Waals surface area contributed by atoms with E-state index in [1.54, 1.807) is 19.2 Å². The van der Waals surface area contributed by atoms with Crippen LogP contribution in [0.4, 0.5) is 0 Å². The number of ketones is 2. The van der Waals surface area contributed by atoms with E-state index in [9.17, 15) is 9.59 Å². The summed E-state index contributed by atoms with van der Waals surface area (Å²) < 4.78 is 15.6. The van der Waals surface area contributed by atoms with Crippen molar-refractivity contribution in [1.29, 1.82) is 0 Å². The van der Waals surface area contributed by atoms with E-state index in [4.69, 9.17) is 14.2 Å². The summed E-state index contributed by atoms with van der Waals surface area (Å²) in [6, 6.07) is 3.43. The van der Waals surface area contributed by atoms with E-state index in [0.717, 1.165) is 5.56 Å². The molecule has 0 unspecified atom stereocenters. The molecule has 5 nitrogen and oxygen atoms in total. The summed E-state index contributed by atoms with van der Waals surface area (Å²) in [6.07, 6.45) is 0.480. The molecule has 1 aliphatic heterocycles. The highest BCUT2D eigenvalue weighted by Gasteiger charge is 2.27. The molecule has 0 amide bonds. The zero-order chi connectivity index (χ0) is 14.7. The Morgan fingerprint density at radius 2 is 1.95 bits per heavy atom. The molecule has 0 radical (unpaired) electrons. The van der Waals surface area contributed by atoms with E-state index >= 15 is 0 Å². The quantitative estimate of drug-likeness (QED) is 0.767. The van der Waals surface area contributed by atoms with Gasteiger partial charge in [0, 0.05) is 11.5 Å². The van der Waals surface area contributed by atoms with Crippen LogP contribution in [-0.4, -0.2) is 39.0 Å². The molecule has 1 aliphatic rings. The van der Waals surface area contributed by atoms with E-state index in [1.165, 1.54) is 14.0 Å². The predicted molar refractivity (Wildman–Crippen MR) is 72.6 cm³/mol. The van der Waals surface area contributed by atoms with Gasteiger partial charge in [0.1, 0.15) is 6.61 Å². The molecule has 0 N–H and O–H groups in total. The topological polar surface area (TPSA) is 61.8 Å². The Morgan fingerprint density at radius 1 is 1.30 bits per heavy atom. The molecular weight excluding hydrogens is 260 g/mol. The van der Waals surface area contributed by atoms with Gasteiger partial charge in [-0.15, -0.1) is 0 Å². The number of hydrogen-bond donors (Lipinski definition) is 0. The maximum absolute atomic E-state index is 11.8. The summed E-state index contributed by atoms with van der Waals surface area (Å²) in [5.41, 5.74) is 1.35. The summed E-state index contributed by atoms with van der Waals surface area (Å²) in [5, 5.41) is 0. The van der Waals surface area contributed by atoms with Crippen molar-refractivity contribution >= 4 is 11.6 Å². The molecule has 1 aromatic carbocycles. The molecule has 1 atom stereocenters. The molecular formula is C15H18O5. The van der Waals surface area contributed by atoms with Crippen molar-refractivity contribution in [2.24, 2.45) is 5.92 Å². The number of carbonyl (C=O) groups excluding carboxylic acids is 2. The zero-order valence-corrected chi connectivity index (χ0v) is 11.9. The van der Waals surface area contributed by atoms with Crippen LogP contribution in [0.25, 0.3) is 0 Å². The molecule has 1 heterocycles. The number of methoxy groups -OCH3 is 2. The van der Waals surface area contributed by atoms with E-state index in [0.29, 0.717) is 30.1 Å². The average Bonchev–Trinajstić information content (AvgIpc) is 2.83. The molecule has 1 aromatic rings. The Kier molecular flexibility index (Phi) is 4.39. The van der Waals surface area contributed by atoms with Gasteiger partial charge in [0.15, 0.2) is 23.1 Å². The first-order chi connectivity index (χ1) is 9.56. The van der Waals surface area contributed by atoms with Crippen LogP contribution in [0.1, 0.15) is 22.8 Å². The maximum Gasteiger partial charge on any atom is 0.164 e. The van der Waals surface area contributed by atoms with Crippen molar-refractivity contribution in [3.8, 4) is 11.5 Å². The van der Waals surface area contributed by atoms with Gasteiger partial charge in [0.2, 0.25) is 0 Å². The predicted octanol–water partition coefficient (Wildman–Crippen LogP) is 1.66. The molecule has 0 saturated carbocycles. The Bertz CT molecular complexity index is 535. The third kappa shape index (κ3) is 2.82. The third-order valence-electron chi connectivity index (χ3n) is 3.47. The van der Waals surface area contributed by atoms with Crippen LogP contribution in [-0.2, 0) is 16.0 Å². The summed E-state index contributed by atoms with van der Waals surface area (Å²) in [7, 11) is 3.06. The highest BCUT2D eigenvalue weighted by molar-refractivity contribution is 5.96. The smallest absolute Gasteiger partial charge is 0.164 e. The van der Waals surface area contributed by atoms with Crippen molar-refractivity contribution in [3.63, 3.8) is 0 Å². The number of carbonyl (C=O) groups is 2. The second-order valence-corrected chi connectivity index (χ2v) is 4.80. The van der Waals surface area contributed by atoms with Gasteiger partial charge in [-0.1, -0.05) is 0 Å². The van der Waals surface area contributed by atoms with Crippen molar-refractivity contribution < 1.29 is 23.8 Å². The van der Waals surface area contributed by atoms with Crippen LogP contribution in [0.3, 0.4) is 0 Å². The van der Waals surface area contributed by atoms with Crippen molar-refractivity contribution in [3.05, 3.63) is 23.3 Å². The summed E-state index contributed by atoms with van der Waals surface area (Å²) >= 11 is 0. The molecule has 2 rings (SSSR count). The first kappa shape index (κ1) is 14.5. The fraction of sp³-hybridized carbons (Fsp3) is 0.467. The van der Waals surface area contributed by atoms with Gasteiger partial charge in [-0.3, -0.25) is 9.59 Å². The second kappa shape index (κ2) is 6.05. The summed E-state index contributed by atoms with van der Waals surface area (Å²) in [6.45, 7) is 2.07. The summed E-state index contributed by atoms with van der Waals surface area (Å²) in [5.74, 6) is 0.891. The van der Waals surface area contributed by atoms with Crippen LogP contribution in [0, 0.1) is 5.92 Å². The standard InChI is InChI=1S/C15H18O5/c1-9(16)12-6-15(19-3)14(18-2)5-10(12)4-11-7-20-8-13(11)17/h5-6,11H,4,7-8H2,1-3H3/t11-/m1/s1. The molecule has 1 fully saturated rings. The second-order valence-electron chi connectivity index (χ2n) is 4.80. The lowest BCUT2D eigenvalue weighted by atomic mass is 9.92. The normalized spacial score (nSPS) is 18.1. The first-order valence-corrected chi connectivity index (χ1v) is 6.43. The van der Waals surface area contributed by atoms with E-state index in [1.807, 2.05) is 0 Å². The lowest BCUT2D eigenvalue weighted by Crippen LogP contribution is -2.16.